The Morgan fingerprint density at radius 2 is 1.86 bits per heavy atom. The van der Waals surface area contributed by atoms with E-state index >= 15 is 0 Å². The number of carbonyl (C=O) groups excluding carboxylic acids is 2. The van der Waals surface area contributed by atoms with Gasteiger partial charge in [-0.1, -0.05) is 51.1 Å². The molecule has 2 aromatic carbocycles. The first-order valence-electron chi connectivity index (χ1n) is 9.75. The van der Waals surface area contributed by atoms with Gasteiger partial charge in [0.25, 0.3) is 0 Å². The van der Waals surface area contributed by atoms with Gasteiger partial charge in [-0.2, -0.15) is 0 Å². The molecule has 2 amide bonds. The van der Waals surface area contributed by atoms with Crippen LogP contribution in [0.3, 0.4) is 0 Å². The summed E-state index contributed by atoms with van der Waals surface area (Å²) in [5.74, 6) is 0.343. The largest absolute Gasteiger partial charge is 0.495 e. The van der Waals surface area contributed by atoms with Gasteiger partial charge in [-0.05, 0) is 40.3 Å². The monoisotopic (exact) mass is 392 g/mol. The molecule has 2 aromatic rings. The zero-order chi connectivity index (χ0) is 21.2. The van der Waals surface area contributed by atoms with Gasteiger partial charge in [0.2, 0.25) is 11.8 Å². The molecule has 1 aliphatic rings. The van der Waals surface area contributed by atoms with E-state index in [0.717, 1.165) is 16.7 Å². The van der Waals surface area contributed by atoms with Crippen molar-refractivity contribution in [2.45, 2.75) is 45.6 Å². The van der Waals surface area contributed by atoms with Crippen LogP contribution in [0.1, 0.15) is 56.8 Å². The standard InChI is InChI=1S/C24H28N2O3/c1-16(27)26-13-12-17-8-6-7-9-19(17)21(26)15-23(28)25-20-14-18(24(2,3)4)10-11-22(20)29-5/h6-14,21H,15H2,1-5H3,(H,25,28). The van der Waals surface area contributed by atoms with Gasteiger partial charge in [0.05, 0.1) is 25.3 Å². The second-order valence-corrected chi connectivity index (χ2v) is 8.30. The van der Waals surface area contributed by atoms with Crippen molar-refractivity contribution in [3.8, 4) is 5.75 Å². The van der Waals surface area contributed by atoms with Gasteiger partial charge in [-0.3, -0.25) is 9.59 Å². The highest BCUT2D eigenvalue weighted by molar-refractivity contribution is 5.93. The van der Waals surface area contributed by atoms with E-state index in [1.54, 1.807) is 18.2 Å². The summed E-state index contributed by atoms with van der Waals surface area (Å²) in [6.45, 7) is 7.88. The fraction of sp³-hybridized carbons (Fsp3) is 0.333. The van der Waals surface area contributed by atoms with Gasteiger partial charge >= 0.3 is 0 Å². The lowest BCUT2D eigenvalue weighted by Crippen LogP contribution is -2.33. The zero-order valence-corrected chi connectivity index (χ0v) is 17.7. The summed E-state index contributed by atoms with van der Waals surface area (Å²) in [5, 5.41) is 2.99. The lowest BCUT2D eigenvalue weighted by atomic mass is 9.86. The summed E-state index contributed by atoms with van der Waals surface area (Å²) in [6, 6.07) is 13.3. The number of anilines is 1. The number of rotatable bonds is 4. The average molecular weight is 392 g/mol. The molecule has 0 saturated carbocycles. The molecule has 0 aromatic heterocycles. The minimum absolute atomic E-state index is 0.0513. The van der Waals surface area contributed by atoms with Gasteiger partial charge in [-0.25, -0.2) is 0 Å². The topological polar surface area (TPSA) is 58.6 Å². The number of nitrogens with one attached hydrogen (secondary N) is 1. The molecule has 5 heteroatoms. The Hall–Kier alpha value is -3.08. The van der Waals surface area contributed by atoms with E-state index in [1.165, 1.54) is 6.92 Å². The fourth-order valence-electron chi connectivity index (χ4n) is 3.56. The van der Waals surface area contributed by atoms with Crippen LogP contribution in [0.15, 0.2) is 48.7 Å². The first-order valence-corrected chi connectivity index (χ1v) is 9.75. The maximum Gasteiger partial charge on any atom is 0.226 e. The van der Waals surface area contributed by atoms with Crippen molar-refractivity contribution in [3.05, 3.63) is 65.4 Å². The molecule has 0 fully saturated rings. The van der Waals surface area contributed by atoms with Crippen LogP contribution in [0, 0.1) is 0 Å². The molecular weight excluding hydrogens is 364 g/mol. The summed E-state index contributed by atoms with van der Waals surface area (Å²) in [4.78, 5) is 26.7. The number of nitrogens with zero attached hydrogens (tertiary/aromatic N) is 1. The van der Waals surface area contributed by atoms with Crippen LogP contribution >= 0.6 is 0 Å². The quantitative estimate of drug-likeness (QED) is 0.805. The SMILES string of the molecule is COc1ccc(C(C)(C)C)cc1NC(=O)CC1c2ccccc2C=CN1C(C)=O. The Labute approximate surface area is 172 Å². The molecule has 1 atom stereocenters. The summed E-state index contributed by atoms with van der Waals surface area (Å²) in [5.41, 5.74) is 3.68. The van der Waals surface area contributed by atoms with E-state index in [-0.39, 0.29) is 29.7 Å². The van der Waals surface area contributed by atoms with E-state index in [4.69, 9.17) is 4.74 Å². The second kappa shape index (κ2) is 8.11. The smallest absolute Gasteiger partial charge is 0.226 e. The van der Waals surface area contributed by atoms with E-state index in [2.05, 4.69) is 26.1 Å². The van der Waals surface area contributed by atoms with Crippen molar-refractivity contribution in [2.24, 2.45) is 0 Å². The van der Waals surface area contributed by atoms with E-state index in [0.29, 0.717) is 11.4 Å². The van der Waals surface area contributed by atoms with Crippen molar-refractivity contribution in [1.29, 1.82) is 0 Å². The molecule has 0 saturated heterocycles. The number of methoxy groups -OCH3 is 1. The van der Waals surface area contributed by atoms with Crippen LogP contribution in [0.5, 0.6) is 5.75 Å². The van der Waals surface area contributed by atoms with Crippen LogP contribution in [0.2, 0.25) is 0 Å². The van der Waals surface area contributed by atoms with Crippen LogP contribution in [-0.4, -0.2) is 23.8 Å². The van der Waals surface area contributed by atoms with Gasteiger partial charge in [-0.15, -0.1) is 0 Å². The number of hydrogen-bond acceptors (Lipinski definition) is 3. The summed E-state index contributed by atoms with van der Waals surface area (Å²) >= 11 is 0. The Morgan fingerprint density at radius 3 is 2.52 bits per heavy atom. The van der Waals surface area contributed by atoms with Crippen molar-refractivity contribution >= 4 is 23.6 Å². The van der Waals surface area contributed by atoms with Crippen LogP contribution in [0.4, 0.5) is 5.69 Å². The van der Waals surface area contributed by atoms with Crippen molar-refractivity contribution in [2.75, 3.05) is 12.4 Å². The highest BCUT2D eigenvalue weighted by Gasteiger charge is 2.28. The minimum Gasteiger partial charge on any atom is -0.495 e. The average Bonchev–Trinajstić information content (AvgIpc) is 2.67. The molecule has 1 N–H and O–H groups in total. The third-order valence-electron chi connectivity index (χ3n) is 5.19. The Balaban J connectivity index is 1.86. The molecule has 1 aliphatic heterocycles. The number of fused-ring (bicyclic) bond motifs is 1. The van der Waals surface area contributed by atoms with Gasteiger partial charge in [0.1, 0.15) is 5.75 Å². The number of ether oxygens (including phenoxy) is 1. The molecule has 5 nitrogen and oxygen atoms in total. The van der Waals surface area contributed by atoms with Gasteiger partial charge in [0.15, 0.2) is 0 Å². The first kappa shape index (κ1) is 20.6. The van der Waals surface area contributed by atoms with Crippen LogP contribution < -0.4 is 10.1 Å². The van der Waals surface area contributed by atoms with Crippen molar-refractivity contribution < 1.29 is 14.3 Å². The minimum atomic E-state index is -0.342. The molecule has 1 unspecified atom stereocenters. The number of amides is 2. The number of carbonyl (C=O) groups is 2. The number of benzene rings is 2. The lowest BCUT2D eigenvalue weighted by molar-refractivity contribution is -0.129. The second-order valence-electron chi connectivity index (χ2n) is 8.30. The van der Waals surface area contributed by atoms with Gasteiger partial charge < -0.3 is 15.0 Å². The van der Waals surface area contributed by atoms with Crippen molar-refractivity contribution in [1.82, 2.24) is 4.90 Å². The normalized spacial score (nSPS) is 15.6. The van der Waals surface area contributed by atoms with Crippen LogP contribution in [0.25, 0.3) is 6.08 Å². The summed E-state index contributed by atoms with van der Waals surface area (Å²) in [7, 11) is 1.58. The maximum absolute atomic E-state index is 13.0. The third-order valence-corrected chi connectivity index (χ3v) is 5.19. The molecule has 0 radical (unpaired) electrons. The molecule has 152 valence electrons. The van der Waals surface area contributed by atoms with Crippen LogP contribution in [-0.2, 0) is 15.0 Å². The molecular formula is C24H28N2O3. The number of hydrogen-bond donors (Lipinski definition) is 1. The predicted octanol–water partition coefficient (Wildman–Crippen LogP) is 4.90. The Morgan fingerprint density at radius 1 is 1.14 bits per heavy atom. The highest BCUT2D eigenvalue weighted by Crippen LogP contribution is 2.35. The summed E-state index contributed by atoms with van der Waals surface area (Å²) < 4.78 is 5.43. The molecule has 3 rings (SSSR count). The fourth-order valence-corrected chi connectivity index (χ4v) is 3.56. The van der Waals surface area contributed by atoms with E-state index < -0.39 is 0 Å². The van der Waals surface area contributed by atoms with Gasteiger partial charge in [0, 0.05) is 13.1 Å². The van der Waals surface area contributed by atoms with E-state index in [1.807, 2.05) is 48.5 Å². The third kappa shape index (κ3) is 4.50. The predicted molar refractivity (Wildman–Crippen MR) is 116 cm³/mol. The molecule has 0 bridgehead atoms. The molecule has 0 spiro atoms. The van der Waals surface area contributed by atoms with Crippen molar-refractivity contribution in [3.63, 3.8) is 0 Å². The first-order chi connectivity index (χ1) is 13.7. The highest BCUT2D eigenvalue weighted by atomic mass is 16.5. The molecule has 29 heavy (non-hydrogen) atoms. The van der Waals surface area contributed by atoms with E-state index in [9.17, 15) is 9.59 Å². The maximum atomic E-state index is 13.0. The Bertz CT molecular complexity index is 957. The lowest BCUT2D eigenvalue weighted by Gasteiger charge is -2.32. The summed E-state index contributed by atoms with van der Waals surface area (Å²) in [6.07, 6.45) is 3.81. The Kier molecular flexibility index (Phi) is 5.78. The molecule has 1 heterocycles. The molecule has 0 aliphatic carbocycles. The zero-order valence-electron chi connectivity index (χ0n) is 17.7.